The van der Waals surface area contributed by atoms with Crippen molar-refractivity contribution >= 4 is 11.8 Å². The Kier molecular flexibility index (Phi) is 4.77. The fourth-order valence-corrected chi connectivity index (χ4v) is 2.49. The summed E-state index contributed by atoms with van der Waals surface area (Å²) < 4.78 is 0. The van der Waals surface area contributed by atoms with Crippen LogP contribution in [0.1, 0.15) is 25.8 Å². The van der Waals surface area contributed by atoms with Gasteiger partial charge in [0.05, 0.1) is 6.54 Å². The second-order valence-electron chi connectivity index (χ2n) is 5.64. The van der Waals surface area contributed by atoms with Gasteiger partial charge in [0.15, 0.2) is 0 Å². The third kappa shape index (κ3) is 3.59. The number of aryl methyl sites for hydroxylation is 1. The van der Waals surface area contributed by atoms with Gasteiger partial charge >= 0.3 is 0 Å². The summed E-state index contributed by atoms with van der Waals surface area (Å²) in [4.78, 5) is 25.6. The molecule has 1 heterocycles. The van der Waals surface area contributed by atoms with Gasteiger partial charge in [0.1, 0.15) is 6.04 Å². The molecule has 1 fully saturated rings. The van der Waals surface area contributed by atoms with Crippen molar-refractivity contribution in [2.45, 2.75) is 32.7 Å². The quantitative estimate of drug-likeness (QED) is 0.886. The molecule has 1 aliphatic heterocycles. The van der Waals surface area contributed by atoms with Crippen LogP contribution < -0.4 is 5.32 Å². The Morgan fingerprint density at radius 3 is 2.60 bits per heavy atom. The summed E-state index contributed by atoms with van der Waals surface area (Å²) in [5.74, 6) is 0.124. The average Bonchev–Trinajstić information content (AvgIpc) is 2.43. The molecule has 0 aliphatic carbocycles. The van der Waals surface area contributed by atoms with Crippen LogP contribution in [-0.4, -0.2) is 35.8 Å². The number of benzene rings is 1. The van der Waals surface area contributed by atoms with Crippen LogP contribution in [0, 0.1) is 5.92 Å². The van der Waals surface area contributed by atoms with Gasteiger partial charge in [0.2, 0.25) is 11.8 Å². The van der Waals surface area contributed by atoms with Gasteiger partial charge in [-0.3, -0.25) is 9.59 Å². The second kappa shape index (κ2) is 6.55. The van der Waals surface area contributed by atoms with Crippen LogP contribution in [0.4, 0.5) is 0 Å². The third-order valence-corrected chi connectivity index (χ3v) is 3.63. The summed E-state index contributed by atoms with van der Waals surface area (Å²) in [5.41, 5.74) is 1.27. The minimum atomic E-state index is -0.368. The Balaban J connectivity index is 1.88. The van der Waals surface area contributed by atoms with Crippen molar-refractivity contribution in [1.82, 2.24) is 10.2 Å². The molecule has 1 N–H and O–H groups in total. The molecule has 4 nitrogen and oxygen atoms in total. The highest BCUT2D eigenvalue weighted by Crippen LogP contribution is 2.12. The molecule has 20 heavy (non-hydrogen) atoms. The molecule has 0 spiro atoms. The molecule has 0 bridgehead atoms. The van der Waals surface area contributed by atoms with Crippen molar-refractivity contribution in [2.24, 2.45) is 5.92 Å². The first-order valence-electron chi connectivity index (χ1n) is 7.20. The Morgan fingerprint density at radius 1 is 1.25 bits per heavy atom. The van der Waals surface area contributed by atoms with Crippen molar-refractivity contribution in [3.05, 3.63) is 35.9 Å². The summed E-state index contributed by atoms with van der Waals surface area (Å²) in [6, 6.07) is 9.83. The van der Waals surface area contributed by atoms with Gasteiger partial charge in [-0.05, 0) is 24.3 Å². The van der Waals surface area contributed by atoms with Gasteiger partial charge in [0, 0.05) is 6.54 Å². The molecule has 4 heteroatoms. The molecule has 108 valence electrons. The number of amides is 2. The maximum Gasteiger partial charge on any atom is 0.245 e. The molecule has 1 atom stereocenters. The SMILES string of the molecule is CC(C)C1NC(=O)CN(CCCc2ccccc2)C1=O. The summed E-state index contributed by atoms with van der Waals surface area (Å²) in [7, 11) is 0. The van der Waals surface area contributed by atoms with Crippen molar-refractivity contribution in [1.29, 1.82) is 0 Å². The van der Waals surface area contributed by atoms with E-state index in [9.17, 15) is 9.59 Å². The molecule has 1 aromatic carbocycles. The molecular weight excluding hydrogens is 252 g/mol. The molecular formula is C16H22N2O2. The Bertz CT molecular complexity index is 471. The van der Waals surface area contributed by atoms with E-state index in [4.69, 9.17) is 0 Å². The lowest BCUT2D eigenvalue weighted by Crippen LogP contribution is -2.59. The van der Waals surface area contributed by atoms with Crippen LogP contribution in [0.15, 0.2) is 30.3 Å². The zero-order chi connectivity index (χ0) is 14.5. The van der Waals surface area contributed by atoms with E-state index in [0.29, 0.717) is 6.54 Å². The maximum atomic E-state index is 12.3. The Morgan fingerprint density at radius 2 is 1.95 bits per heavy atom. The summed E-state index contributed by atoms with van der Waals surface area (Å²) in [6.45, 7) is 4.74. The monoisotopic (exact) mass is 274 g/mol. The molecule has 2 amide bonds. The number of carbonyl (C=O) groups is 2. The molecule has 0 saturated carbocycles. The molecule has 1 saturated heterocycles. The fraction of sp³-hybridized carbons (Fsp3) is 0.500. The van der Waals surface area contributed by atoms with Crippen molar-refractivity contribution in [2.75, 3.05) is 13.1 Å². The zero-order valence-corrected chi connectivity index (χ0v) is 12.1. The van der Waals surface area contributed by atoms with Gasteiger partial charge < -0.3 is 10.2 Å². The standard InChI is InChI=1S/C16H22N2O2/c1-12(2)15-16(20)18(11-14(19)17-15)10-6-9-13-7-4-3-5-8-13/h3-5,7-8,12,15H,6,9-11H2,1-2H3,(H,17,19). The van der Waals surface area contributed by atoms with Gasteiger partial charge in [-0.2, -0.15) is 0 Å². The first kappa shape index (κ1) is 14.6. The molecule has 0 radical (unpaired) electrons. The van der Waals surface area contributed by atoms with Crippen LogP contribution in [-0.2, 0) is 16.0 Å². The highest BCUT2D eigenvalue weighted by atomic mass is 16.2. The highest BCUT2D eigenvalue weighted by molar-refractivity contribution is 5.94. The van der Waals surface area contributed by atoms with E-state index in [1.807, 2.05) is 32.0 Å². The van der Waals surface area contributed by atoms with Crippen molar-refractivity contribution < 1.29 is 9.59 Å². The van der Waals surface area contributed by atoms with E-state index in [1.54, 1.807) is 4.90 Å². The number of nitrogens with zero attached hydrogens (tertiary/aromatic N) is 1. The van der Waals surface area contributed by atoms with E-state index in [1.165, 1.54) is 5.56 Å². The van der Waals surface area contributed by atoms with E-state index in [2.05, 4.69) is 17.4 Å². The van der Waals surface area contributed by atoms with E-state index in [-0.39, 0.29) is 30.3 Å². The lowest BCUT2D eigenvalue weighted by Gasteiger charge is -2.34. The van der Waals surface area contributed by atoms with E-state index in [0.717, 1.165) is 12.8 Å². The normalized spacial score (nSPS) is 19.4. The second-order valence-corrected chi connectivity index (χ2v) is 5.64. The van der Waals surface area contributed by atoms with Crippen LogP contribution in [0.3, 0.4) is 0 Å². The molecule has 1 aromatic rings. The van der Waals surface area contributed by atoms with E-state index < -0.39 is 0 Å². The number of piperazine rings is 1. The van der Waals surface area contributed by atoms with Gasteiger partial charge in [0.25, 0.3) is 0 Å². The molecule has 1 aliphatic rings. The minimum absolute atomic E-state index is 0.0488. The van der Waals surface area contributed by atoms with Crippen LogP contribution in [0.25, 0.3) is 0 Å². The van der Waals surface area contributed by atoms with Gasteiger partial charge in [-0.1, -0.05) is 44.2 Å². The van der Waals surface area contributed by atoms with Crippen molar-refractivity contribution in [3.8, 4) is 0 Å². The largest absolute Gasteiger partial charge is 0.343 e. The smallest absolute Gasteiger partial charge is 0.245 e. The number of hydrogen-bond acceptors (Lipinski definition) is 2. The van der Waals surface area contributed by atoms with Gasteiger partial charge in [-0.25, -0.2) is 0 Å². The number of rotatable bonds is 5. The number of nitrogens with one attached hydrogen (secondary N) is 1. The van der Waals surface area contributed by atoms with E-state index >= 15 is 0 Å². The Labute approximate surface area is 120 Å². The molecule has 1 unspecified atom stereocenters. The number of carbonyl (C=O) groups excluding carboxylic acids is 2. The average molecular weight is 274 g/mol. The van der Waals surface area contributed by atoms with Crippen LogP contribution in [0.5, 0.6) is 0 Å². The predicted octanol–water partition coefficient (Wildman–Crippen LogP) is 1.60. The first-order valence-corrected chi connectivity index (χ1v) is 7.20. The molecule has 2 rings (SSSR count). The zero-order valence-electron chi connectivity index (χ0n) is 12.1. The summed E-state index contributed by atoms with van der Waals surface area (Å²) >= 11 is 0. The predicted molar refractivity (Wildman–Crippen MR) is 78.1 cm³/mol. The lowest BCUT2D eigenvalue weighted by molar-refractivity contribution is -0.145. The lowest BCUT2D eigenvalue weighted by atomic mass is 10.0. The summed E-state index contributed by atoms with van der Waals surface area (Å²) in [6.07, 6.45) is 1.81. The Hall–Kier alpha value is -1.84. The maximum absolute atomic E-state index is 12.3. The number of hydrogen-bond donors (Lipinski definition) is 1. The first-order chi connectivity index (χ1) is 9.58. The van der Waals surface area contributed by atoms with Crippen LogP contribution >= 0.6 is 0 Å². The van der Waals surface area contributed by atoms with Crippen LogP contribution in [0.2, 0.25) is 0 Å². The fourth-order valence-electron chi connectivity index (χ4n) is 2.49. The third-order valence-electron chi connectivity index (χ3n) is 3.63. The van der Waals surface area contributed by atoms with Gasteiger partial charge in [-0.15, -0.1) is 0 Å². The highest BCUT2D eigenvalue weighted by Gasteiger charge is 2.33. The summed E-state index contributed by atoms with van der Waals surface area (Å²) in [5, 5.41) is 2.77. The topological polar surface area (TPSA) is 49.4 Å². The molecule has 0 aromatic heterocycles. The minimum Gasteiger partial charge on any atom is -0.343 e. The van der Waals surface area contributed by atoms with Crippen molar-refractivity contribution in [3.63, 3.8) is 0 Å².